The summed E-state index contributed by atoms with van der Waals surface area (Å²) >= 11 is 0. The van der Waals surface area contributed by atoms with Crippen LogP contribution in [0, 0.1) is 6.92 Å². The van der Waals surface area contributed by atoms with Gasteiger partial charge in [-0.1, -0.05) is 5.16 Å². The lowest BCUT2D eigenvalue weighted by Crippen LogP contribution is -2.34. The molecule has 110 valence electrons. The molecule has 2 heterocycles. The van der Waals surface area contributed by atoms with Crippen molar-refractivity contribution in [1.82, 2.24) is 10.1 Å². The summed E-state index contributed by atoms with van der Waals surface area (Å²) in [7, 11) is 0. The Labute approximate surface area is 121 Å². The Hall–Kier alpha value is -2.57. The van der Waals surface area contributed by atoms with Crippen LogP contribution in [0.15, 0.2) is 22.7 Å². The lowest BCUT2D eigenvalue weighted by atomic mass is 10.2. The summed E-state index contributed by atoms with van der Waals surface area (Å²) in [4.78, 5) is 15.8. The molecule has 21 heavy (non-hydrogen) atoms. The van der Waals surface area contributed by atoms with Crippen LogP contribution in [0.4, 0.5) is 11.4 Å². The molecule has 1 amide bonds. The summed E-state index contributed by atoms with van der Waals surface area (Å²) in [6.45, 7) is 5.40. The molecule has 0 spiro atoms. The van der Waals surface area contributed by atoms with Gasteiger partial charge in [-0.15, -0.1) is 0 Å². The predicted molar refractivity (Wildman–Crippen MR) is 76.2 cm³/mol. The number of benzene rings is 1. The van der Waals surface area contributed by atoms with Crippen molar-refractivity contribution in [1.29, 1.82) is 0 Å². The molecule has 7 nitrogen and oxygen atoms in total. The van der Waals surface area contributed by atoms with Gasteiger partial charge in [0, 0.05) is 5.69 Å². The van der Waals surface area contributed by atoms with Crippen molar-refractivity contribution in [2.75, 3.05) is 10.6 Å². The molecule has 0 aliphatic carbocycles. The van der Waals surface area contributed by atoms with Crippen LogP contribution < -0.4 is 15.4 Å². The second kappa shape index (κ2) is 5.08. The summed E-state index contributed by atoms with van der Waals surface area (Å²) in [5, 5.41) is 9.82. The van der Waals surface area contributed by atoms with Gasteiger partial charge in [-0.25, -0.2) is 0 Å². The molecule has 1 aliphatic rings. The van der Waals surface area contributed by atoms with Crippen molar-refractivity contribution in [3.05, 3.63) is 29.9 Å². The number of hydrogen-bond donors (Lipinski definition) is 2. The van der Waals surface area contributed by atoms with Gasteiger partial charge < -0.3 is 19.9 Å². The van der Waals surface area contributed by atoms with Gasteiger partial charge in [0.2, 0.25) is 5.89 Å². The Balaban J connectivity index is 1.78. The second-order valence-electron chi connectivity index (χ2n) is 5.01. The zero-order chi connectivity index (χ0) is 15.0. The molecule has 0 radical (unpaired) electrons. The van der Waals surface area contributed by atoms with Gasteiger partial charge in [0.05, 0.1) is 5.69 Å². The van der Waals surface area contributed by atoms with Gasteiger partial charge in [0.1, 0.15) is 11.8 Å². The largest absolute Gasteiger partial charge is 0.479 e. The molecule has 2 aromatic rings. The summed E-state index contributed by atoms with van der Waals surface area (Å²) in [5.74, 6) is 1.62. The number of aryl methyl sites for hydroxylation is 1. The summed E-state index contributed by atoms with van der Waals surface area (Å²) in [6, 6.07) is 5.38. The van der Waals surface area contributed by atoms with Gasteiger partial charge in [0.25, 0.3) is 5.91 Å². The molecular weight excluding hydrogens is 272 g/mol. The van der Waals surface area contributed by atoms with E-state index in [4.69, 9.17) is 9.26 Å². The highest BCUT2D eigenvalue weighted by Crippen LogP contribution is 2.33. The Bertz CT molecular complexity index is 683. The van der Waals surface area contributed by atoms with E-state index in [2.05, 4.69) is 20.8 Å². The molecule has 3 rings (SSSR count). The number of fused-ring (bicyclic) bond motifs is 1. The zero-order valence-corrected chi connectivity index (χ0v) is 12.0. The fourth-order valence-corrected chi connectivity index (χ4v) is 2.10. The quantitative estimate of drug-likeness (QED) is 0.900. The van der Waals surface area contributed by atoms with Gasteiger partial charge in [-0.05, 0) is 39.0 Å². The second-order valence-corrected chi connectivity index (χ2v) is 5.01. The average molecular weight is 288 g/mol. The van der Waals surface area contributed by atoms with Crippen LogP contribution in [0.2, 0.25) is 0 Å². The van der Waals surface area contributed by atoms with Crippen molar-refractivity contribution in [2.45, 2.75) is 32.9 Å². The van der Waals surface area contributed by atoms with E-state index in [1.54, 1.807) is 13.8 Å². The van der Waals surface area contributed by atoms with Crippen molar-refractivity contribution in [3.8, 4) is 5.75 Å². The van der Waals surface area contributed by atoms with E-state index in [0.29, 0.717) is 23.2 Å². The van der Waals surface area contributed by atoms with Crippen LogP contribution in [0.3, 0.4) is 0 Å². The molecule has 0 fully saturated rings. The highest BCUT2D eigenvalue weighted by Gasteiger charge is 2.23. The van der Waals surface area contributed by atoms with Crippen LogP contribution >= 0.6 is 0 Å². The van der Waals surface area contributed by atoms with E-state index < -0.39 is 6.10 Å². The van der Waals surface area contributed by atoms with Gasteiger partial charge in [-0.2, -0.15) is 4.98 Å². The van der Waals surface area contributed by atoms with E-state index in [1.807, 2.05) is 25.1 Å². The number of nitrogens with one attached hydrogen (secondary N) is 2. The number of nitrogens with zero attached hydrogens (tertiary/aromatic N) is 2. The predicted octanol–water partition coefficient (Wildman–Crippen LogP) is 2.27. The lowest BCUT2D eigenvalue weighted by molar-refractivity contribution is -0.122. The number of aromatic nitrogens is 2. The van der Waals surface area contributed by atoms with E-state index in [9.17, 15) is 4.79 Å². The first-order valence-electron chi connectivity index (χ1n) is 6.71. The van der Waals surface area contributed by atoms with E-state index in [0.717, 1.165) is 5.69 Å². The van der Waals surface area contributed by atoms with Crippen molar-refractivity contribution < 1.29 is 14.1 Å². The van der Waals surface area contributed by atoms with Crippen LogP contribution in [0.5, 0.6) is 5.75 Å². The van der Waals surface area contributed by atoms with Crippen molar-refractivity contribution in [2.24, 2.45) is 0 Å². The molecule has 7 heteroatoms. The Morgan fingerprint density at radius 1 is 1.43 bits per heavy atom. The third-order valence-corrected chi connectivity index (χ3v) is 3.21. The maximum Gasteiger partial charge on any atom is 0.265 e. The third-order valence-electron chi connectivity index (χ3n) is 3.21. The minimum atomic E-state index is -0.475. The summed E-state index contributed by atoms with van der Waals surface area (Å²) in [6.07, 6.45) is -0.475. The summed E-state index contributed by atoms with van der Waals surface area (Å²) < 4.78 is 10.6. The normalized spacial score (nSPS) is 18.4. The van der Waals surface area contributed by atoms with Crippen LogP contribution in [0.1, 0.15) is 31.6 Å². The van der Waals surface area contributed by atoms with Gasteiger partial charge >= 0.3 is 0 Å². The molecule has 2 atom stereocenters. The molecule has 0 unspecified atom stereocenters. The maximum atomic E-state index is 11.6. The Morgan fingerprint density at radius 2 is 2.24 bits per heavy atom. The Morgan fingerprint density at radius 3 is 2.95 bits per heavy atom. The zero-order valence-electron chi connectivity index (χ0n) is 12.0. The fourth-order valence-electron chi connectivity index (χ4n) is 2.10. The SMILES string of the molecule is Cc1noc([C@H](C)Nc2ccc3c(c2)NC(=O)[C@H](C)O3)n1. The number of amides is 1. The number of ether oxygens (including phenoxy) is 1. The minimum Gasteiger partial charge on any atom is -0.479 e. The molecule has 1 aliphatic heterocycles. The standard InChI is InChI=1S/C14H16N4O3/c1-7(14-16-9(3)18-21-14)15-10-4-5-12-11(6-10)17-13(19)8(2)20-12/h4-8,15H,1-3H3,(H,17,19)/t7-,8-/m0/s1. The number of rotatable bonds is 3. The van der Waals surface area contributed by atoms with Gasteiger partial charge in [0.15, 0.2) is 11.9 Å². The first-order chi connectivity index (χ1) is 10.0. The number of hydrogen-bond acceptors (Lipinski definition) is 6. The van der Waals surface area contributed by atoms with E-state index in [1.165, 1.54) is 0 Å². The first-order valence-corrected chi connectivity index (χ1v) is 6.71. The van der Waals surface area contributed by atoms with Gasteiger partial charge in [-0.3, -0.25) is 4.79 Å². The third kappa shape index (κ3) is 2.67. The minimum absolute atomic E-state index is 0.136. The molecule has 1 aromatic heterocycles. The Kier molecular flexibility index (Phi) is 3.25. The maximum absolute atomic E-state index is 11.6. The highest BCUT2D eigenvalue weighted by atomic mass is 16.5. The van der Waals surface area contributed by atoms with E-state index >= 15 is 0 Å². The average Bonchev–Trinajstić information content (AvgIpc) is 2.87. The molecule has 0 saturated carbocycles. The smallest absolute Gasteiger partial charge is 0.265 e. The number of anilines is 2. The molecule has 0 bridgehead atoms. The summed E-state index contributed by atoms with van der Waals surface area (Å²) in [5.41, 5.74) is 1.48. The fraction of sp³-hybridized carbons (Fsp3) is 0.357. The van der Waals surface area contributed by atoms with Crippen LogP contribution in [0.25, 0.3) is 0 Å². The van der Waals surface area contributed by atoms with Crippen LogP contribution in [-0.2, 0) is 4.79 Å². The number of carbonyl (C=O) groups excluding carboxylic acids is 1. The molecule has 0 saturated heterocycles. The lowest BCUT2D eigenvalue weighted by Gasteiger charge is -2.24. The van der Waals surface area contributed by atoms with E-state index in [-0.39, 0.29) is 11.9 Å². The first kappa shape index (κ1) is 13.4. The monoisotopic (exact) mass is 288 g/mol. The molecule has 2 N–H and O–H groups in total. The van der Waals surface area contributed by atoms with Crippen molar-refractivity contribution >= 4 is 17.3 Å². The number of carbonyl (C=O) groups is 1. The molecular formula is C14H16N4O3. The molecule has 1 aromatic carbocycles. The topological polar surface area (TPSA) is 89.3 Å². The van der Waals surface area contributed by atoms with Crippen LogP contribution in [-0.4, -0.2) is 22.2 Å². The highest BCUT2D eigenvalue weighted by molar-refractivity contribution is 5.98. The van der Waals surface area contributed by atoms with Crippen molar-refractivity contribution in [3.63, 3.8) is 0 Å².